The van der Waals surface area contributed by atoms with Crippen LogP contribution in [0.2, 0.25) is 0 Å². The SMILES string of the molecule is CNc1cn2ccnc2c(NC2CCOCC2)n1. The first-order valence-corrected chi connectivity index (χ1v) is 6.22. The molecule has 0 aromatic carbocycles. The fraction of sp³-hybridized carbons (Fsp3) is 0.500. The van der Waals surface area contributed by atoms with Crippen molar-refractivity contribution in [3.05, 3.63) is 18.6 Å². The number of fused-ring (bicyclic) bond motifs is 1. The molecule has 1 aliphatic heterocycles. The van der Waals surface area contributed by atoms with Crippen LogP contribution in [0.25, 0.3) is 5.65 Å². The molecule has 1 fully saturated rings. The molecule has 1 saturated heterocycles. The summed E-state index contributed by atoms with van der Waals surface area (Å²) in [6, 6.07) is 0.416. The summed E-state index contributed by atoms with van der Waals surface area (Å²) >= 11 is 0. The van der Waals surface area contributed by atoms with E-state index in [4.69, 9.17) is 4.74 Å². The van der Waals surface area contributed by atoms with Gasteiger partial charge in [-0.05, 0) is 12.8 Å². The molecular formula is C12H17N5O. The number of aromatic nitrogens is 3. The van der Waals surface area contributed by atoms with Crippen molar-refractivity contribution < 1.29 is 4.74 Å². The van der Waals surface area contributed by atoms with E-state index in [0.29, 0.717) is 6.04 Å². The second-order valence-corrected chi connectivity index (χ2v) is 4.41. The van der Waals surface area contributed by atoms with Gasteiger partial charge in [0.15, 0.2) is 11.5 Å². The number of nitrogens with one attached hydrogen (secondary N) is 2. The number of rotatable bonds is 3. The minimum Gasteiger partial charge on any atom is -0.381 e. The van der Waals surface area contributed by atoms with Crippen LogP contribution in [0.1, 0.15) is 12.8 Å². The smallest absolute Gasteiger partial charge is 0.180 e. The van der Waals surface area contributed by atoms with Gasteiger partial charge in [0, 0.05) is 38.7 Å². The van der Waals surface area contributed by atoms with E-state index in [-0.39, 0.29) is 0 Å². The molecule has 3 heterocycles. The number of hydrogen-bond acceptors (Lipinski definition) is 5. The first-order valence-electron chi connectivity index (χ1n) is 6.22. The fourth-order valence-electron chi connectivity index (χ4n) is 2.18. The molecule has 6 heteroatoms. The van der Waals surface area contributed by atoms with Crippen molar-refractivity contribution in [2.75, 3.05) is 30.9 Å². The van der Waals surface area contributed by atoms with Gasteiger partial charge in [-0.2, -0.15) is 0 Å². The Morgan fingerprint density at radius 3 is 3.00 bits per heavy atom. The molecule has 0 unspecified atom stereocenters. The summed E-state index contributed by atoms with van der Waals surface area (Å²) in [6.45, 7) is 1.63. The molecule has 0 spiro atoms. The lowest BCUT2D eigenvalue weighted by Crippen LogP contribution is -2.28. The quantitative estimate of drug-likeness (QED) is 0.857. The molecule has 0 radical (unpaired) electrons. The Morgan fingerprint density at radius 1 is 1.39 bits per heavy atom. The van der Waals surface area contributed by atoms with Crippen molar-refractivity contribution in [3.8, 4) is 0 Å². The van der Waals surface area contributed by atoms with E-state index in [9.17, 15) is 0 Å². The van der Waals surface area contributed by atoms with Gasteiger partial charge in [0.05, 0.1) is 6.20 Å². The maximum absolute atomic E-state index is 5.36. The number of nitrogens with zero attached hydrogens (tertiary/aromatic N) is 3. The molecule has 0 bridgehead atoms. The summed E-state index contributed by atoms with van der Waals surface area (Å²) in [4.78, 5) is 8.88. The average molecular weight is 247 g/mol. The molecule has 96 valence electrons. The molecule has 0 aliphatic carbocycles. The lowest BCUT2D eigenvalue weighted by Gasteiger charge is -2.23. The highest BCUT2D eigenvalue weighted by molar-refractivity contribution is 5.65. The van der Waals surface area contributed by atoms with Gasteiger partial charge < -0.3 is 19.8 Å². The Kier molecular flexibility index (Phi) is 3.02. The molecule has 0 amide bonds. The number of hydrogen-bond donors (Lipinski definition) is 2. The molecule has 0 saturated carbocycles. The van der Waals surface area contributed by atoms with Crippen LogP contribution in [0.5, 0.6) is 0 Å². The van der Waals surface area contributed by atoms with Crippen molar-refractivity contribution in [1.82, 2.24) is 14.4 Å². The Morgan fingerprint density at radius 2 is 2.22 bits per heavy atom. The van der Waals surface area contributed by atoms with Crippen molar-refractivity contribution in [2.24, 2.45) is 0 Å². The second-order valence-electron chi connectivity index (χ2n) is 4.41. The van der Waals surface area contributed by atoms with Crippen LogP contribution < -0.4 is 10.6 Å². The molecule has 18 heavy (non-hydrogen) atoms. The summed E-state index contributed by atoms with van der Waals surface area (Å²) in [6.07, 6.45) is 7.66. The van der Waals surface area contributed by atoms with Crippen molar-refractivity contribution in [3.63, 3.8) is 0 Å². The Labute approximate surface area is 105 Å². The molecule has 1 aliphatic rings. The zero-order chi connectivity index (χ0) is 12.4. The van der Waals surface area contributed by atoms with Crippen molar-refractivity contribution in [2.45, 2.75) is 18.9 Å². The first-order chi connectivity index (χ1) is 8.86. The van der Waals surface area contributed by atoms with Crippen LogP contribution in [-0.2, 0) is 4.74 Å². The average Bonchev–Trinajstić information content (AvgIpc) is 2.88. The van der Waals surface area contributed by atoms with Gasteiger partial charge in [-0.25, -0.2) is 9.97 Å². The number of anilines is 2. The zero-order valence-corrected chi connectivity index (χ0v) is 10.4. The first kappa shape index (κ1) is 11.3. The molecule has 3 rings (SSSR count). The Bertz CT molecular complexity index is 532. The maximum Gasteiger partial charge on any atom is 0.180 e. The lowest BCUT2D eigenvalue weighted by atomic mass is 10.1. The minimum absolute atomic E-state index is 0.416. The van der Waals surface area contributed by atoms with Gasteiger partial charge in [-0.1, -0.05) is 0 Å². The fourth-order valence-corrected chi connectivity index (χ4v) is 2.18. The molecular weight excluding hydrogens is 230 g/mol. The van der Waals surface area contributed by atoms with Gasteiger partial charge >= 0.3 is 0 Å². The summed E-state index contributed by atoms with van der Waals surface area (Å²) < 4.78 is 7.33. The standard InChI is InChI=1S/C12H17N5O/c1-13-10-8-17-5-4-14-12(17)11(16-10)15-9-2-6-18-7-3-9/h4-5,8-9,13H,2-3,6-7H2,1H3,(H,15,16). The maximum atomic E-state index is 5.36. The predicted octanol–water partition coefficient (Wildman–Crippen LogP) is 1.36. The van der Waals surface area contributed by atoms with Gasteiger partial charge in [0.2, 0.25) is 0 Å². The third-order valence-corrected chi connectivity index (χ3v) is 3.19. The summed E-state index contributed by atoms with van der Waals surface area (Å²) in [5.74, 6) is 1.66. The van der Waals surface area contributed by atoms with E-state index in [1.807, 2.05) is 23.8 Å². The largest absolute Gasteiger partial charge is 0.381 e. The van der Waals surface area contributed by atoms with Crippen LogP contribution in [0.4, 0.5) is 11.6 Å². The summed E-state index contributed by atoms with van der Waals surface area (Å²) in [5, 5.41) is 6.53. The molecule has 2 aromatic rings. The van der Waals surface area contributed by atoms with Crippen LogP contribution >= 0.6 is 0 Å². The van der Waals surface area contributed by atoms with Gasteiger partial charge in [-0.3, -0.25) is 0 Å². The third-order valence-electron chi connectivity index (χ3n) is 3.19. The Hall–Kier alpha value is -1.82. The van der Waals surface area contributed by atoms with Crippen molar-refractivity contribution >= 4 is 17.3 Å². The molecule has 6 nitrogen and oxygen atoms in total. The second kappa shape index (κ2) is 4.81. The highest BCUT2D eigenvalue weighted by Gasteiger charge is 2.16. The van der Waals surface area contributed by atoms with Crippen LogP contribution in [0.15, 0.2) is 18.6 Å². The number of imidazole rings is 1. The Balaban J connectivity index is 1.91. The third kappa shape index (κ3) is 2.11. The van der Waals surface area contributed by atoms with Gasteiger partial charge in [-0.15, -0.1) is 0 Å². The van der Waals surface area contributed by atoms with E-state index in [2.05, 4.69) is 20.6 Å². The van der Waals surface area contributed by atoms with Gasteiger partial charge in [0.25, 0.3) is 0 Å². The predicted molar refractivity (Wildman–Crippen MR) is 70.0 cm³/mol. The molecule has 2 N–H and O–H groups in total. The van der Waals surface area contributed by atoms with Gasteiger partial charge in [0.1, 0.15) is 5.82 Å². The van der Waals surface area contributed by atoms with E-state index < -0.39 is 0 Å². The van der Waals surface area contributed by atoms with Crippen molar-refractivity contribution in [1.29, 1.82) is 0 Å². The monoisotopic (exact) mass is 247 g/mol. The molecule has 2 aromatic heterocycles. The summed E-state index contributed by atoms with van der Waals surface area (Å²) in [7, 11) is 1.86. The highest BCUT2D eigenvalue weighted by atomic mass is 16.5. The van der Waals surface area contributed by atoms with E-state index in [0.717, 1.165) is 43.3 Å². The topological polar surface area (TPSA) is 63.5 Å². The van der Waals surface area contributed by atoms with E-state index in [1.165, 1.54) is 0 Å². The normalized spacial score (nSPS) is 16.9. The van der Waals surface area contributed by atoms with Crippen LogP contribution in [0, 0.1) is 0 Å². The lowest BCUT2D eigenvalue weighted by molar-refractivity contribution is 0.0904. The minimum atomic E-state index is 0.416. The summed E-state index contributed by atoms with van der Waals surface area (Å²) in [5.41, 5.74) is 0.862. The molecule has 0 atom stereocenters. The zero-order valence-electron chi connectivity index (χ0n) is 10.4. The van der Waals surface area contributed by atoms with Crippen LogP contribution in [-0.4, -0.2) is 40.7 Å². The van der Waals surface area contributed by atoms with E-state index in [1.54, 1.807) is 6.20 Å². The number of ether oxygens (including phenoxy) is 1. The highest BCUT2D eigenvalue weighted by Crippen LogP contribution is 2.19. The van der Waals surface area contributed by atoms with E-state index >= 15 is 0 Å². The van der Waals surface area contributed by atoms with Crippen LogP contribution in [0.3, 0.4) is 0 Å².